The quantitative estimate of drug-likeness (QED) is 0.739. The number of rotatable bonds is 2. The predicted molar refractivity (Wildman–Crippen MR) is 31.9 cm³/mol. The van der Waals surface area contributed by atoms with Crippen molar-refractivity contribution in [3.63, 3.8) is 0 Å². The summed E-state index contributed by atoms with van der Waals surface area (Å²) in [6, 6.07) is -1.27. The lowest BCUT2D eigenvalue weighted by Crippen LogP contribution is -2.20. The molecule has 0 aliphatic heterocycles. The fourth-order valence-electron chi connectivity index (χ4n) is 0.682. The van der Waals surface area contributed by atoms with Crippen LogP contribution in [0.2, 0.25) is 0 Å². The maximum Gasteiger partial charge on any atom is 0.391 e. The minimum atomic E-state index is -4.31. The van der Waals surface area contributed by atoms with E-state index in [0.29, 0.717) is 0 Å². The standard InChI is InChI=1S/C5H6F3N3O/c6-5(7,8)1-3(9)4-10-2-11-12-4/h2-3H,1,9H2. The second kappa shape index (κ2) is 3.10. The zero-order valence-corrected chi connectivity index (χ0v) is 5.88. The van der Waals surface area contributed by atoms with Gasteiger partial charge in [0, 0.05) is 0 Å². The summed E-state index contributed by atoms with van der Waals surface area (Å²) in [7, 11) is 0. The highest BCUT2D eigenvalue weighted by Crippen LogP contribution is 2.26. The molecule has 1 unspecified atom stereocenters. The molecule has 0 spiro atoms. The molecule has 0 fully saturated rings. The highest BCUT2D eigenvalue weighted by atomic mass is 19.4. The Balaban J connectivity index is 2.56. The third kappa shape index (κ3) is 2.50. The van der Waals surface area contributed by atoms with Gasteiger partial charge in [-0.05, 0) is 0 Å². The van der Waals surface area contributed by atoms with Crippen LogP contribution in [-0.4, -0.2) is 16.3 Å². The van der Waals surface area contributed by atoms with Crippen LogP contribution in [0.3, 0.4) is 0 Å². The van der Waals surface area contributed by atoms with Crippen molar-refractivity contribution >= 4 is 0 Å². The van der Waals surface area contributed by atoms with Crippen molar-refractivity contribution < 1.29 is 17.7 Å². The topological polar surface area (TPSA) is 64.9 Å². The monoisotopic (exact) mass is 181 g/mol. The Morgan fingerprint density at radius 2 is 2.25 bits per heavy atom. The summed E-state index contributed by atoms with van der Waals surface area (Å²) in [4.78, 5) is 3.40. The van der Waals surface area contributed by atoms with E-state index in [2.05, 4.69) is 14.7 Å². The molecule has 0 radical (unpaired) electrons. The fraction of sp³-hybridized carbons (Fsp3) is 0.600. The SMILES string of the molecule is NC(CC(F)(F)F)c1ncno1. The maximum absolute atomic E-state index is 11.7. The second-order valence-electron chi connectivity index (χ2n) is 2.21. The Morgan fingerprint density at radius 1 is 1.58 bits per heavy atom. The number of aromatic nitrogens is 2. The Morgan fingerprint density at radius 3 is 2.67 bits per heavy atom. The van der Waals surface area contributed by atoms with Gasteiger partial charge in [-0.15, -0.1) is 0 Å². The highest BCUT2D eigenvalue weighted by Gasteiger charge is 2.32. The average Bonchev–Trinajstić information content (AvgIpc) is 2.32. The van der Waals surface area contributed by atoms with Crippen molar-refractivity contribution in [2.45, 2.75) is 18.6 Å². The molecule has 7 heteroatoms. The lowest BCUT2D eigenvalue weighted by atomic mass is 10.2. The number of nitrogens with two attached hydrogens (primary N) is 1. The van der Waals surface area contributed by atoms with Gasteiger partial charge >= 0.3 is 6.18 Å². The van der Waals surface area contributed by atoms with Crippen LogP contribution in [0, 0.1) is 0 Å². The first-order valence-corrected chi connectivity index (χ1v) is 3.08. The summed E-state index contributed by atoms with van der Waals surface area (Å²) in [5, 5.41) is 3.14. The van der Waals surface area contributed by atoms with Crippen LogP contribution in [-0.2, 0) is 0 Å². The van der Waals surface area contributed by atoms with Gasteiger partial charge in [-0.1, -0.05) is 5.16 Å². The number of alkyl halides is 3. The van der Waals surface area contributed by atoms with Gasteiger partial charge in [0.2, 0.25) is 5.89 Å². The normalized spacial score (nSPS) is 14.7. The first-order valence-electron chi connectivity index (χ1n) is 3.08. The first kappa shape index (κ1) is 8.98. The molecule has 0 aliphatic rings. The third-order valence-corrected chi connectivity index (χ3v) is 1.15. The van der Waals surface area contributed by atoms with E-state index in [4.69, 9.17) is 5.73 Å². The summed E-state index contributed by atoms with van der Waals surface area (Å²) < 4.78 is 39.5. The van der Waals surface area contributed by atoms with Crippen molar-refractivity contribution in [2.24, 2.45) is 5.73 Å². The molecule has 12 heavy (non-hydrogen) atoms. The Labute approximate surface area is 65.5 Å². The summed E-state index contributed by atoms with van der Waals surface area (Å²) in [6.07, 6.45) is -4.46. The Bertz CT molecular complexity index is 233. The summed E-state index contributed by atoms with van der Waals surface area (Å²) in [6.45, 7) is 0. The molecule has 0 amide bonds. The minimum absolute atomic E-state index is 0.202. The van der Waals surface area contributed by atoms with E-state index in [9.17, 15) is 13.2 Å². The molecule has 1 heterocycles. The first-order chi connectivity index (χ1) is 5.49. The molecule has 0 aromatic carbocycles. The molecule has 0 bridgehead atoms. The van der Waals surface area contributed by atoms with Crippen molar-refractivity contribution in [1.82, 2.24) is 10.1 Å². The van der Waals surface area contributed by atoms with Crippen LogP contribution in [0.15, 0.2) is 10.9 Å². The van der Waals surface area contributed by atoms with Gasteiger partial charge in [-0.2, -0.15) is 18.2 Å². The van der Waals surface area contributed by atoms with Crippen LogP contribution >= 0.6 is 0 Å². The summed E-state index contributed by atoms with van der Waals surface area (Å²) in [5.41, 5.74) is 5.11. The molecule has 2 N–H and O–H groups in total. The molecule has 1 aromatic heterocycles. The van der Waals surface area contributed by atoms with Crippen LogP contribution in [0.5, 0.6) is 0 Å². The maximum atomic E-state index is 11.7. The number of hydrogen-bond acceptors (Lipinski definition) is 4. The number of halogens is 3. The molecule has 1 aromatic rings. The molecule has 68 valence electrons. The van der Waals surface area contributed by atoms with Gasteiger partial charge in [0.25, 0.3) is 0 Å². The molecular formula is C5H6F3N3O. The van der Waals surface area contributed by atoms with E-state index < -0.39 is 18.6 Å². The van der Waals surface area contributed by atoms with Crippen LogP contribution in [0.25, 0.3) is 0 Å². The minimum Gasteiger partial charge on any atom is -0.338 e. The van der Waals surface area contributed by atoms with E-state index in [1.54, 1.807) is 0 Å². The van der Waals surface area contributed by atoms with E-state index in [0.717, 1.165) is 6.33 Å². The van der Waals surface area contributed by atoms with Gasteiger partial charge in [-0.25, -0.2) is 0 Å². The third-order valence-electron chi connectivity index (χ3n) is 1.15. The number of nitrogens with zero attached hydrogens (tertiary/aromatic N) is 2. The van der Waals surface area contributed by atoms with Crippen molar-refractivity contribution in [3.8, 4) is 0 Å². The smallest absolute Gasteiger partial charge is 0.338 e. The van der Waals surface area contributed by atoms with Crippen molar-refractivity contribution in [1.29, 1.82) is 0 Å². The van der Waals surface area contributed by atoms with E-state index in [-0.39, 0.29) is 5.89 Å². The van der Waals surface area contributed by atoms with E-state index in [1.807, 2.05) is 0 Å². The fourth-order valence-corrected chi connectivity index (χ4v) is 0.682. The number of hydrogen-bond donors (Lipinski definition) is 1. The van der Waals surface area contributed by atoms with Gasteiger partial charge in [0.05, 0.1) is 12.5 Å². The average molecular weight is 181 g/mol. The van der Waals surface area contributed by atoms with Gasteiger partial charge in [0.1, 0.15) is 0 Å². The van der Waals surface area contributed by atoms with E-state index in [1.165, 1.54) is 0 Å². The molecule has 0 aliphatic carbocycles. The van der Waals surface area contributed by atoms with Crippen LogP contribution in [0.4, 0.5) is 13.2 Å². The molecule has 1 rings (SSSR count). The summed E-state index contributed by atoms with van der Waals surface area (Å²) >= 11 is 0. The van der Waals surface area contributed by atoms with Crippen molar-refractivity contribution in [2.75, 3.05) is 0 Å². The Kier molecular flexibility index (Phi) is 2.32. The molecule has 1 atom stereocenters. The molecular weight excluding hydrogens is 175 g/mol. The van der Waals surface area contributed by atoms with Crippen LogP contribution in [0.1, 0.15) is 18.4 Å². The molecule has 4 nitrogen and oxygen atoms in total. The van der Waals surface area contributed by atoms with E-state index >= 15 is 0 Å². The van der Waals surface area contributed by atoms with Gasteiger partial charge < -0.3 is 10.3 Å². The lowest BCUT2D eigenvalue weighted by molar-refractivity contribution is -0.139. The molecule has 0 saturated carbocycles. The zero-order valence-electron chi connectivity index (χ0n) is 5.88. The van der Waals surface area contributed by atoms with Gasteiger partial charge in [0.15, 0.2) is 6.33 Å². The molecule has 0 saturated heterocycles. The predicted octanol–water partition coefficient (Wildman–Crippen LogP) is 1.02. The largest absolute Gasteiger partial charge is 0.391 e. The Hall–Kier alpha value is -1.11. The van der Waals surface area contributed by atoms with Crippen LogP contribution < -0.4 is 5.73 Å². The second-order valence-corrected chi connectivity index (χ2v) is 2.21. The summed E-state index contributed by atoms with van der Waals surface area (Å²) in [5.74, 6) is -0.202. The lowest BCUT2D eigenvalue weighted by Gasteiger charge is -2.09. The highest BCUT2D eigenvalue weighted by molar-refractivity contribution is 4.85. The zero-order chi connectivity index (χ0) is 9.19. The van der Waals surface area contributed by atoms with Gasteiger partial charge in [-0.3, -0.25) is 0 Å². The van der Waals surface area contributed by atoms with Crippen molar-refractivity contribution in [3.05, 3.63) is 12.2 Å².